The highest BCUT2D eigenvalue weighted by atomic mass is 79.9. The minimum absolute atomic E-state index is 0.246. The van der Waals surface area contributed by atoms with Gasteiger partial charge in [-0.05, 0) is 55.7 Å². The van der Waals surface area contributed by atoms with Gasteiger partial charge in [-0.2, -0.15) is 0 Å². The van der Waals surface area contributed by atoms with Gasteiger partial charge in [0, 0.05) is 10.4 Å². The van der Waals surface area contributed by atoms with Gasteiger partial charge in [-0.1, -0.05) is 52.5 Å². The molecule has 0 N–H and O–H groups in total. The van der Waals surface area contributed by atoms with Crippen LogP contribution in [0.2, 0.25) is 5.02 Å². The van der Waals surface area contributed by atoms with E-state index in [0.717, 1.165) is 16.8 Å². The number of hydrogen-bond donors (Lipinski definition) is 0. The third-order valence-corrected chi connectivity index (χ3v) is 5.92. The van der Waals surface area contributed by atoms with Crippen molar-refractivity contribution in [3.63, 3.8) is 0 Å². The summed E-state index contributed by atoms with van der Waals surface area (Å²) in [6.07, 6.45) is 9.28. The lowest BCUT2D eigenvalue weighted by molar-refractivity contribution is -0.0404. The van der Waals surface area contributed by atoms with Crippen LogP contribution in [0.25, 0.3) is 0 Å². The average molecular weight is 358 g/mol. The Morgan fingerprint density at radius 2 is 2.10 bits per heavy atom. The van der Waals surface area contributed by atoms with E-state index in [4.69, 9.17) is 16.3 Å². The predicted molar refractivity (Wildman–Crippen MR) is 87.9 cm³/mol. The molecule has 110 valence electrons. The van der Waals surface area contributed by atoms with Crippen molar-refractivity contribution in [1.82, 2.24) is 0 Å². The van der Waals surface area contributed by atoms with Crippen LogP contribution in [-0.4, -0.2) is 17.0 Å². The number of halogens is 2. The second kappa shape index (κ2) is 6.37. The Labute approximate surface area is 135 Å². The quantitative estimate of drug-likeness (QED) is 0.628. The van der Waals surface area contributed by atoms with Crippen molar-refractivity contribution in [1.29, 1.82) is 0 Å². The first kappa shape index (κ1) is 14.9. The van der Waals surface area contributed by atoms with Gasteiger partial charge >= 0.3 is 0 Å². The number of ether oxygens (including phenoxy) is 1. The van der Waals surface area contributed by atoms with Crippen molar-refractivity contribution >= 4 is 27.5 Å². The van der Waals surface area contributed by atoms with Crippen molar-refractivity contribution in [2.24, 2.45) is 0 Å². The van der Waals surface area contributed by atoms with E-state index in [2.05, 4.69) is 28.1 Å². The minimum Gasteiger partial charge on any atom is -0.372 e. The Morgan fingerprint density at radius 1 is 1.30 bits per heavy atom. The van der Waals surface area contributed by atoms with Crippen molar-refractivity contribution in [3.8, 4) is 0 Å². The lowest BCUT2D eigenvalue weighted by Crippen LogP contribution is -2.25. The summed E-state index contributed by atoms with van der Waals surface area (Å²) >= 11 is 9.78. The topological polar surface area (TPSA) is 9.23 Å². The van der Waals surface area contributed by atoms with Gasteiger partial charge in [-0.3, -0.25) is 0 Å². The third kappa shape index (κ3) is 3.23. The monoisotopic (exact) mass is 356 g/mol. The van der Waals surface area contributed by atoms with E-state index in [1.165, 1.54) is 44.1 Å². The summed E-state index contributed by atoms with van der Waals surface area (Å²) in [4.78, 5) is 0. The largest absolute Gasteiger partial charge is 0.372 e. The molecule has 2 unspecified atom stereocenters. The van der Waals surface area contributed by atoms with Gasteiger partial charge in [0.25, 0.3) is 0 Å². The maximum atomic E-state index is 6.44. The van der Waals surface area contributed by atoms with E-state index in [1.807, 2.05) is 12.1 Å². The Morgan fingerprint density at radius 3 is 2.80 bits per heavy atom. The Bertz CT molecular complexity index is 456. The molecule has 0 radical (unpaired) electrons. The number of hydrogen-bond acceptors (Lipinski definition) is 1. The normalized spacial score (nSPS) is 26.2. The minimum atomic E-state index is 0.246. The van der Waals surface area contributed by atoms with E-state index in [0.29, 0.717) is 12.0 Å². The number of alkyl halides is 1. The van der Waals surface area contributed by atoms with Crippen molar-refractivity contribution < 1.29 is 4.74 Å². The molecule has 1 aromatic carbocycles. The van der Waals surface area contributed by atoms with Gasteiger partial charge in [0.05, 0.1) is 11.7 Å². The predicted octanol–water partition coefficient (Wildman–Crippen LogP) is 5.70. The molecule has 3 rings (SSSR count). The molecule has 1 saturated carbocycles. The van der Waals surface area contributed by atoms with Gasteiger partial charge in [0.2, 0.25) is 0 Å². The zero-order valence-electron chi connectivity index (χ0n) is 11.8. The first-order chi connectivity index (χ1) is 9.71. The van der Waals surface area contributed by atoms with Crippen molar-refractivity contribution in [3.05, 3.63) is 34.9 Å². The summed E-state index contributed by atoms with van der Waals surface area (Å²) in [5, 5.41) is 1.80. The zero-order valence-corrected chi connectivity index (χ0v) is 14.1. The summed E-state index contributed by atoms with van der Waals surface area (Å²) in [6.45, 7) is 0. The van der Waals surface area contributed by atoms with Crippen LogP contribution in [0.15, 0.2) is 24.3 Å². The zero-order chi connectivity index (χ0) is 14.0. The molecule has 1 saturated heterocycles. The number of benzene rings is 1. The Balaban J connectivity index is 1.64. The van der Waals surface area contributed by atoms with Gasteiger partial charge < -0.3 is 4.74 Å². The Hall–Kier alpha value is -0.0500. The van der Waals surface area contributed by atoms with Gasteiger partial charge in [0.1, 0.15) is 0 Å². The van der Waals surface area contributed by atoms with Crippen LogP contribution in [-0.2, 0) is 4.74 Å². The van der Waals surface area contributed by atoms with Gasteiger partial charge in [-0.25, -0.2) is 0 Å². The first-order valence-corrected chi connectivity index (χ1v) is 9.20. The second-order valence-corrected chi connectivity index (χ2v) is 7.39. The molecule has 3 heteroatoms. The maximum absolute atomic E-state index is 6.44. The molecule has 20 heavy (non-hydrogen) atoms. The maximum Gasteiger partial charge on any atom is 0.0687 e. The fraction of sp³-hybridized carbons (Fsp3) is 0.647. The smallest absolute Gasteiger partial charge is 0.0687 e. The molecule has 2 fully saturated rings. The van der Waals surface area contributed by atoms with E-state index in [-0.39, 0.29) is 5.60 Å². The molecule has 2 aliphatic rings. The molecular formula is C17H22BrClO. The van der Waals surface area contributed by atoms with Gasteiger partial charge in [0.15, 0.2) is 0 Å². The Kier molecular flexibility index (Phi) is 4.74. The van der Waals surface area contributed by atoms with Crippen LogP contribution >= 0.6 is 27.5 Å². The van der Waals surface area contributed by atoms with Gasteiger partial charge in [-0.15, -0.1) is 0 Å². The van der Waals surface area contributed by atoms with E-state index in [9.17, 15) is 0 Å². The lowest BCUT2D eigenvalue weighted by atomic mass is 9.93. The standard InChI is InChI=1S/C17H22BrClO/c18-12-14(13-4-3-5-15(19)10-13)11-16-6-9-17(20-16)7-1-2-8-17/h3-5,10,14,16H,1-2,6-9,11-12H2. The van der Waals surface area contributed by atoms with Crippen LogP contribution in [0.1, 0.15) is 56.4 Å². The summed E-state index contributed by atoms with van der Waals surface area (Å²) in [7, 11) is 0. The molecule has 1 nitrogen and oxygen atoms in total. The molecule has 2 atom stereocenters. The second-order valence-electron chi connectivity index (χ2n) is 6.31. The highest BCUT2D eigenvalue weighted by Crippen LogP contribution is 2.45. The van der Waals surface area contributed by atoms with Crippen LogP contribution in [0.4, 0.5) is 0 Å². The summed E-state index contributed by atoms with van der Waals surface area (Å²) in [5.74, 6) is 0.496. The third-order valence-electron chi connectivity index (χ3n) is 4.91. The van der Waals surface area contributed by atoms with E-state index >= 15 is 0 Å². The fourth-order valence-corrected chi connectivity index (χ4v) is 4.65. The highest BCUT2D eigenvalue weighted by Gasteiger charge is 2.42. The van der Waals surface area contributed by atoms with Crippen molar-refractivity contribution in [2.45, 2.75) is 62.6 Å². The van der Waals surface area contributed by atoms with Crippen molar-refractivity contribution in [2.75, 3.05) is 5.33 Å². The fourth-order valence-electron chi connectivity index (χ4n) is 3.81. The average Bonchev–Trinajstić information content (AvgIpc) is 3.07. The molecular weight excluding hydrogens is 336 g/mol. The molecule has 1 aliphatic carbocycles. The van der Waals surface area contributed by atoms with Crippen LogP contribution < -0.4 is 0 Å². The molecule has 0 aromatic heterocycles. The van der Waals surface area contributed by atoms with Crippen LogP contribution in [0.5, 0.6) is 0 Å². The van der Waals surface area contributed by atoms with E-state index < -0.39 is 0 Å². The van der Waals surface area contributed by atoms with E-state index in [1.54, 1.807) is 0 Å². The molecule has 1 heterocycles. The molecule has 1 aromatic rings. The highest BCUT2D eigenvalue weighted by molar-refractivity contribution is 9.09. The number of rotatable bonds is 4. The summed E-state index contributed by atoms with van der Waals surface area (Å²) in [6, 6.07) is 8.25. The molecule has 1 spiro atoms. The van der Waals surface area contributed by atoms with Crippen LogP contribution in [0.3, 0.4) is 0 Å². The molecule has 0 amide bonds. The summed E-state index contributed by atoms with van der Waals surface area (Å²) in [5.41, 5.74) is 1.57. The molecule has 0 bridgehead atoms. The summed E-state index contributed by atoms with van der Waals surface area (Å²) < 4.78 is 6.44. The SMILES string of the molecule is Clc1cccc(C(CBr)CC2CCC3(CCCC3)O2)c1. The van der Waals surface area contributed by atoms with Crippen LogP contribution in [0, 0.1) is 0 Å². The molecule has 1 aliphatic heterocycles. The first-order valence-electron chi connectivity index (χ1n) is 7.70. The lowest BCUT2D eigenvalue weighted by Gasteiger charge is -2.25.